The summed E-state index contributed by atoms with van der Waals surface area (Å²) in [6, 6.07) is 0.895. The molecule has 6 heteroatoms. The third kappa shape index (κ3) is 2.13. The second-order valence-electron chi connectivity index (χ2n) is 2.41. The van der Waals surface area contributed by atoms with Gasteiger partial charge in [0, 0.05) is 0 Å². The summed E-state index contributed by atoms with van der Waals surface area (Å²) in [5.41, 5.74) is -0.225. The lowest BCUT2D eigenvalue weighted by molar-refractivity contribution is -0.190. The molecule has 0 bridgehead atoms. The average molecular weight is 207 g/mol. The maximum Gasteiger partial charge on any atom is 0.253 e. The summed E-state index contributed by atoms with van der Waals surface area (Å²) in [4.78, 5) is 3.42. The molecule has 1 aromatic heterocycles. The minimum Gasteiger partial charge on any atom is -0.350 e. The van der Waals surface area contributed by atoms with E-state index in [4.69, 9.17) is 11.6 Å². The van der Waals surface area contributed by atoms with Crippen molar-refractivity contribution in [1.29, 1.82) is 0 Å². The van der Waals surface area contributed by atoms with E-state index in [0.29, 0.717) is 0 Å². The minimum absolute atomic E-state index is 0.166. The van der Waals surface area contributed by atoms with Crippen LogP contribution in [0.15, 0.2) is 12.3 Å². The first-order valence-electron chi connectivity index (χ1n) is 3.42. The predicted octanol–water partition coefficient (Wildman–Crippen LogP) is 0.188. The minimum atomic E-state index is -2.37. The van der Waals surface area contributed by atoms with Crippen LogP contribution < -0.4 is 5.32 Å². The summed E-state index contributed by atoms with van der Waals surface area (Å²) in [6.45, 7) is 0. The molecular formula is C7H8ClFN2O2. The number of pyridine rings is 1. The van der Waals surface area contributed by atoms with Gasteiger partial charge in [-0.05, 0) is 13.1 Å². The molecule has 0 atom stereocenters. The van der Waals surface area contributed by atoms with Crippen LogP contribution in [0.4, 0.5) is 4.39 Å². The molecule has 0 aliphatic heterocycles. The van der Waals surface area contributed by atoms with Crippen LogP contribution in [-0.2, 0) is 5.91 Å². The lowest BCUT2D eigenvalue weighted by Gasteiger charge is -2.21. The smallest absolute Gasteiger partial charge is 0.253 e. The van der Waals surface area contributed by atoms with E-state index in [1.807, 2.05) is 0 Å². The van der Waals surface area contributed by atoms with Crippen molar-refractivity contribution in [3.05, 3.63) is 28.8 Å². The summed E-state index contributed by atoms with van der Waals surface area (Å²) >= 11 is 5.52. The topological polar surface area (TPSA) is 65.4 Å². The molecule has 0 saturated heterocycles. The number of hydrogen-bond donors (Lipinski definition) is 3. The Bertz CT molecular complexity index is 319. The zero-order valence-corrected chi connectivity index (χ0v) is 7.51. The van der Waals surface area contributed by atoms with Crippen molar-refractivity contribution in [2.75, 3.05) is 7.05 Å². The van der Waals surface area contributed by atoms with Crippen LogP contribution in [0.1, 0.15) is 5.56 Å². The SMILES string of the molecule is CNC(O)(O)c1cc(F)cnc1Cl. The van der Waals surface area contributed by atoms with Crippen molar-refractivity contribution < 1.29 is 14.6 Å². The molecule has 4 nitrogen and oxygen atoms in total. The molecular weight excluding hydrogens is 199 g/mol. The van der Waals surface area contributed by atoms with E-state index in [0.717, 1.165) is 12.3 Å². The van der Waals surface area contributed by atoms with Crippen molar-refractivity contribution in [3.8, 4) is 0 Å². The van der Waals surface area contributed by atoms with Gasteiger partial charge in [-0.2, -0.15) is 0 Å². The number of rotatable bonds is 2. The molecule has 0 unspecified atom stereocenters. The third-order valence-electron chi connectivity index (χ3n) is 1.53. The van der Waals surface area contributed by atoms with Gasteiger partial charge in [0.05, 0.1) is 11.8 Å². The number of nitrogens with zero attached hydrogens (tertiary/aromatic N) is 1. The van der Waals surface area contributed by atoms with Gasteiger partial charge < -0.3 is 10.2 Å². The van der Waals surface area contributed by atoms with E-state index in [9.17, 15) is 14.6 Å². The van der Waals surface area contributed by atoms with Gasteiger partial charge in [0.15, 0.2) is 0 Å². The summed E-state index contributed by atoms with van der Waals surface area (Å²) < 4.78 is 12.6. The zero-order chi connectivity index (χ0) is 10.1. The maximum absolute atomic E-state index is 12.6. The quantitative estimate of drug-likeness (QED) is 0.478. The van der Waals surface area contributed by atoms with E-state index >= 15 is 0 Å². The molecule has 13 heavy (non-hydrogen) atoms. The van der Waals surface area contributed by atoms with Crippen LogP contribution in [-0.4, -0.2) is 22.2 Å². The molecule has 0 spiro atoms. The van der Waals surface area contributed by atoms with Crippen LogP contribution in [0.5, 0.6) is 0 Å². The monoisotopic (exact) mass is 206 g/mol. The Kier molecular flexibility index (Phi) is 2.82. The van der Waals surface area contributed by atoms with Crippen LogP contribution in [0, 0.1) is 5.82 Å². The number of hydrogen-bond acceptors (Lipinski definition) is 4. The van der Waals surface area contributed by atoms with Gasteiger partial charge in [-0.1, -0.05) is 11.6 Å². The first-order chi connectivity index (χ1) is 5.97. The second kappa shape index (κ2) is 3.55. The van der Waals surface area contributed by atoms with Crippen LogP contribution in [0.3, 0.4) is 0 Å². The first-order valence-corrected chi connectivity index (χ1v) is 3.80. The average Bonchev–Trinajstić information content (AvgIpc) is 2.09. The highest BCUT2D eigenvalue weighted by Crippen LogP contribution is 2.22. The molecule has 0 radical (unpaired) electrons. The molecule has 0 fully saturated rings. The van der Waals surface area contributed by atoms with Crippen molar-refractivity contribution in [1.82, 2.24) is 10.3 Å². The molecule has 0 amide bonds. The van der Waals surface area contributed by atoms with Crippen molar-refractivity contribution in [2.24, 2.45) is 0 Å². The van der Waals surface area contributed by atoms with Gasteiger partial charge in [-0.3, -0.25) is 5.32 Å². The van der Waals surface area contributed by atoms with E-state index in [-0.39, 0.29) is 10.7 Å². The van der Waals surface area contributed by atoms with Gasteiger partial charge in [0.1, 0.15) is 11.0 Å². The molecule has 72 valence electrons. The van der Waals surface area contributed by atoms with Gasteiger partial charge in [-0.25, -0.2) is 9.37 Å². The van der Waals surface area contributed by atoms with Gasteiger partial charge in [0.25, 0.3) is 5.91 Å². The molecule has 1 heterocycles. The molecule has 1 rings (SSSR count). The Balaban J connectivity index is 3.20. The Morgan fingerprint density at radius 3 is 2.77 bits per heavy atom. The maximum atomic E-state index is 12.6. The van der Waals surface area contributed by atoms with E-state index in [1.54, 1.807) is 0 Å². The second-order valence-corrected chi connectivity index (χ2v) is 2.77. The highest BCUT2D eigenvalue weighted by atomic mass is 35.5. The largest absolute Gasteiger partial charge is 0.350 e. The van der Waals surface area contributed by atoms with Crippen LogP contribution in [0.2, 0.25) is 5.15 Å². The molecule has 1 aromatic rings. The molecule has 3 N–H and O–H groups in total. The summed E-state index contributed by atoms with van der Waals surface area (Å²) in [5.74, 6) is -3.06. The van der Waals surface area contributed by atoms with E-state index in [2.05, 4.69) is 10.3 Å². The fraction of sp³-hybridized carbons (Fsp3) is 0.286. The standard InChI is InChI=1S/C7H8ClFN2O2/c1-10-7(12,13)5-2-4(9)3-11-6(5)8/h2-3,10,12-13H,1H3. The van der Waals surface area contributed by atoms with E-state index < -0.39 is 11.7 Å². The highest BCUT2D eigenvalue weighted by Gasteiger charge is 2.27. The molecule has 0 aromatic carbocycles. The summed E-state index contributed by atoms with van der Waals surface area (Å²) in [5, 5.41) is 20.5. The fourth-order valence-electron chi connectivity index (χ4n) is 0.802. The van der Waals surface area contributed by atoms with Gasteiger partial charge >= 0.3 is 0 Å². The number of aliphatic hydroxyl groups is 2. The highest BCUT2D eigenvalue weighted by molar-refractivity contribution is 6.30. The molecule has 0 aliphatic rings. The van der Waals surface area contributed by atoms with Crippen molar-refractivity contribution in [2.45, 2.75) is 5.91 Å². The number of nitrogens with one attached hydrogen (secondary N) is 1. The summed E-state index contributed by atoms with van der Waals surface area (Å²) in [6.07, 6.45) is 0.886. The Morgan fingerprint density at radius 2 is 2.23 bits per heavy atom. The van der Waals surface area contributed by atoms with E-state index in [1.165, 1.54) is 7.05 Å². The molecule has 0 aliphatic carbocycles. The lowest BCUT2D eigenvalue weighted by atomic mass is 10.2. The van der Waals surface area contributed by atoms with Crippen LogP contribution in [0.25, 0.3) is 0 Å². The normalized spacial score (nSPS) is 11.8. The Hall–Kier alpha value is -0.750. The first kappa shape index (κ1) is 10.3. The van der Waals surface area contributed by atoms with Crippen molar-refractivity contribution in [3.63, 3.8) is 0 Å². The van der Waals surface area contributed by atoms with Crippen molar-refractivity contribution >= 4 is 11.6 Å². The third-order valence-corrected chi connectivity index (χ3v) is 1.83. The number of aromatic nitrogens is 1. The van der Waals surface area contributed by atoms with Gasteiger partial charge in [-0.15, -0.1) is 0 Å². The Morgan fingerprint density at radius 1 is 1.62 bits per heavy atom. The molecule has 0 saturated carbocycles. The number of halogens is 2. The van der Waals surface area contributed by atoms with Crippen LogP contribution >= 0.6 is 11.6 Å². The lowest BCUT2D eigenvalue weighted by Crippen LogP contribution is -2.39. The predicted molar refractivity (Wildman–Crippen MR) is 44.4 cm³/mol. The summed E-state index contributed by atoms with van der Waals surface area (Å²) in [7, 11) is 1.29. The Labute approximate surface area is 79.0 Å². The fourth-order valence-corrected chi connectivity index (χ4v) is 1.04. The van der Waals surface area contributed by atoms with Gasteiger partial charge in [0.2, 0.25) is 0 Å². The zero-order valence-electron chi connectivity index (χ0n) is 6.75.